The van der Waals surface area contributed by atoms with Crippen molar-refractivity contribution in [3.05, 3.63) is 64.0 Å². The molecule has 0 aliphatic carbocycles. The first-order valence-corrected chi connectivity index (χ1v) is 14.2. The second kappa shape index (κ2) is 15.5. The van der Waals surface area contributed by atoms with Crippen molar-refractivity contribution >= 4 is 40.1 Å². The van der Waals surface area contributed by atoms with E-state index in [1.54, 1.807) is 0 Å². The molecule has 0 amide bonds. The summed E-state index contributed by atoms with van der Waals surface area (Å²) >= 11 is 1.87. The number of nitrogens with zero attached hydrogens (tertiary/aromatic N) is 3. The molecule has 3 aromatic rings. The third-order valence-electron chi connectivity index (χ3n) is 6.78. The standard InChI is InChI=1S/C23H29N3OS.C6H8O7/c1-19-8-16-28-22(19)18-26(11-4-10-25-12-14-27-15-13-25)17-21-6-2-5-20-7-3-9-24-23(20)21;7-3(8)1-6(13,5(11)12)2-4(9)10/h2-3,5-9,16H,4,10-15,17-18H2,1H3;13H,1-2H2,(H,7,8)(H,9,10)(H,11,12). The van der Waals surface area contributed by atoms with Gasteiger partial charge in [0, 0.05) is 49.2 Å². The summed E-state index contributed by atoms with van der Waals surface area (Å²) in [5.41, 5.74) is 1.11. The van der Waals surface area contributed by atoms with Gasteiger partial charge in [-0.2, -0.15) is 0 Å². The molecule has 11 nitrogen and oxygen atoms in total. The molecule has 0 saturated carbocycles. The Balaban J connectivity index is 0.000000302. The maximum atomic E-state index is 10.3. The van der Waals surface area contributed by atoms with E-state index in [-0.39, 0.29) is 0 Å². The molecule has 1 aliphatic heterocycles. The highest BCUT2D eigenvalue weighted by molar-refractivity contribution is 7.10. The number of aromatic nitrogens is 1. The zero-order chi connectivity index (χ0) is 29.8. The van der Waals surface area contributed by atoms with Gasteiger partial charge in [0.15, 0.2) is 5.60 Å². The highest BCUT2D eigenvalue weighted by atomic mass is 32.1. The van der Waals surface area contributed by atoms with Crippen molar-refractivity contribution < 1.29 is 39.5 Å². The van der Waals surface area contributed by atoms with Crippen LogP contribution in [0.25, 0.3) is 10.9 Å². The van der Waals surface area contributed by atoms with Crippen LogP contribution in [0.4, 0.5) is 0 Å². The van der Waals surface area contributed by atoms with Crippen molar-refractivity contribution in [1.29, 1.82) is 0 Å². The number of aryl methyl sites for hydroxylation is 1. The molecule has 222 valence electrons. The normalized spacial score (nSPS) is 14.0. The summed E-state index contributed by atoms with van der Waals surface area (Å²) in [6, 6.07) is 12.9. The van der Waals surface area contributed by atoms with E-state index < -0.39 is 36.4 Å². The number of fused-ring (bicyclic) bond motifs is 1. The third kappa shape index (κ3) is 10.2. The number of hydrogen-bond acceptors (Lipinski definition) is 9. The molecule has 0 bridgehead atoms. The number of pyridine rings is 1. The zero-order valence-electron chi connectivity index (χ0n) is 23.1. The molecular weight excluding hydrogens is 550 g/mol. The molecule has 0 atom stereocenters. The molecule has 12 heteroatoms. The van der Waals surface area contributed by atoms with Crippen LogP contribution < -0.4 is 0 Å². The quantitative estimate of drug-likeness (QED) is 0.233. The number of benzene rings is 1. The van der Waals surface area contributed by atoms with Crippen molar-refractivity contribution in [2.45, 2.75) is 44.9 Å². The minimum atomic E-state index is -2.74. The molecule has 2 aromatic heterocycles. The van der Waals surface area contributed by atoms with Gasteiger partial charge in [0.2, 0.25) is 0 Å². The lowest BCUT2D eigenvalue weighted by molar-refractivity contribution is -0.170. The van der Waals surface area contributed by atoms with Crippen molar-refractivity contribution in [3.63, 3.8) is 0 Å². The van der Waals surface area contributed by atoms with Crippen LogP contribution in [0, 0.1) is 6.92 Å². The number of rotatable bonds is 13. The Morgan fingerprint density at radius 1 is 1.02 bits per heavy atom. The van der Waals surface area contributed by atoms with Crippen LogP contribution in [0.15, 0.2) is 48.0 Å². The van der Waals surface area contributed by atoms with E-state index in [2.05, 4.69) is 57.4 Å². The van der Waals surface area contributed by atoms with Gasteiger partial charge in [-0.1, -0.05) is 24.3 Å². The van der Waals surface area contributed by atoms with E-state index in [0.29, 0.717) is 0 Å². The van der Waals surface area contributed by atoms with E-state index in [4.69, 9.17) is 25.2 Å². The van der Waals surface area contributed by atoms with Gasteiger partial charge in [-0.15, -0.1) is 11.3 Å². The van der Waals surface area contributed by atoms with E-state index in [1.165, 1.54) is 27.8 Å². The third-order valence-corrected chi connectivity index (χ3v) is 7.79. The SMILES string of the molecule is Cc1ccsc1CN(CCCN1CCOCC1)Cc1cccc2cccnc12.O=C(O)CC(O)(CC(=O)O)C(=O)O. The Bertz CT molecular complexity index is 1290. The van der Waals surface area contributed by atoms with Gasteiger partial charge in [0.05, 0.1) is 31.6 Å². The minimum Gasteiger partial charge on any atom is -0.481 e. The van der Waals surface area contributed by atoms with E-state index in [9.17, 15) is 14.4 Å². The number of carbonyl (C=O) groups is 3. The molecule has 1 fully saturated rings. The number of thiophene rings is 1. The van der Waals surface area contributed by atoms with Gasteiger partial charge in [-0.25, -0.2) is 4.79 Å². The number of aliphatic hydroxyl groups is 1. The van der Waals surface area contributed by atoms with Crippen LogP contribution in [0.3, 0.4) is 0 Å². The summed E-state index contributed by atoms with van der Waals surface area (Å²) in [6.07, 6.45) is 0.796. The van der Waals surface area contributed by atoms with Gasteiger partial charge in [0.25, 0.3) is 0 Å². The second-order valence-electron chi connectivity index (χ2n) is 10.0. The van der Waals surface area contributed by atoms with Gasteiger partial charge in [-0.3, -0.25) is 24.4 Å². The van der Waals surface area contributed by atoms with Gasteiger partial charge < -0.3 is 25.2 Å². The Kier molecular flexibility index (Phi) is 12.2. The number of carboxylic acid groups (broad SMARTS) is 3. The van der Waals surface area contributed by atoms with Crippen LogP contribution in [0.1, 0.15) is 35.3 Å². The smallest absolute Gasteiger partial charge is 0.336 e. The largest absolute Gasteiger partial charge is 0.481 e. The van der Waals surface area contributed by atoms with E-state index >= 15 is 0 Å². The summed E-state index contributed by atoms with van der Waals surface area (Å²) in [4.78, 5) is 41.7. The fraction of sp³-hybridized carbons (Fsp3) is 0.448. The number of ether oxygens (including phenoxy) is 1. The van der Waals surface area contributed by atoms with Crippen molar-refractivity contribution in [2.24, 2.45) is 0 Å². The fourth-order valence-electron chi connectivity index (χ4n) is 4.58. The lowest BCUT2D eigenvalue weighted by atomic mass is 9.96. The fourth-order valence-corrected chi connectivity index (χ4v) is 5.52. The summed E-state index contributed by atoms with van der Waals surface area (Å²) in [6.45, 7) is 10.3. The van der Waals surface area contributed by atoms with Crippen LogP contribution in [-0.4, -0.2) is 98.1 Å². The summed E-state index contributed by atoms with van der Waals surface area (Å²) in [5, 5.41) is 37.2. The Morgan fingerprint density at radius 2 is 1.71 bits per heavy atom. The lowest BCUT2D eigenvalue weighted by Crippen LogP contribution is -2.42. The highest BCUT2D eigenvalue weighted by Gasteiger charge is 2.40. The predicted octanol–water partition coefficient (Wildman–Crippen LogP) is 3.08. The Morgan fingerprint density at radius 3 is 2.32 bits per heavy atom. The van der Waals surface area contributed by atoms with Crippen molar-refractivity contribution in [1.82, 2.24) is 14.8 Å². The van der Waals surface area contributed by atoms with E-state index in [0.717, 1.165) is 58.0 Å². The van der Waals surface area contributed by atoms with Gasteiger partial charge >= 0.3 is 17.9 Å². The molecule has 3 heterocycles. The van der Waals surface area contributed by atoms with Crippen LogP contribution >= 0.6 is 11.3 Å². The Hall–Kier alpha value is -3.42. The average molecular weight is 588 g/mol. The molecule has 1 aromatic carbocycles. The number of carboxylic acids is 3. The molecule has 0 radical (unpaired) electrons. The lowest BCUT2D eigenvalue weighted by Gasteiger charge is -2.28. The number of para-hydroxylation sites is 1. The highest BCUT2D eigenvalue weighted by Crippen LogP contribution is 2.22. The van der Waals surface area contributed by atoms with Gasteiger partial charge in [-0.05, 0) is 48.5 Å². The predicted molar refractivity (Wildman–Crippen MR) is 154 cm³/mol. The second-order valence-corrected chi connectivity index (χ2v) is 11.0. The molecule has 4 rings (SSSR count). The first-order chi connectivity index (χ1) is 19.6. The molecule has 1 saturated heterocycles. The summed E-state index contributed by atoms with van der Waals surface area (Å²) < 4.78 is 5.47. The number of aliphatic carboxylic acids is 3. The minimum absolute atomic E-state index is 0.875. The van der Waals surface area contributed by atoms with E-state index in [1.807, 2.05) is 23.6 Å². The average Bonchev–Trinajstić information content (AvgIpc) is 3.33. The Labute approximate surface area is 242 Å². The summed E-state index contributed by atoms with van der Waals surface area (Å²) in [5.74, 6) is -5.02. The molecule has 0 unspecified atom stereocenters. The maximum absolute atomic E-state index is 10.3. The van der Waals surface area contributed by atoms with Crippen molar-refractivity contribution in [3.8, 4) is 0 Å². The first kappa shape index (κ1) is 32.1. The number of morpholine rings is 1. The first-order valence-electron chi connectivity index (χ1n) is 13.3. The molecular formula is C29H37N3O8S. The molecule has 0 spiro atoms. The maximum Gasteiger partial charge on any atom is 0.336 e. The summed E-state index contributed by atoms with van der Waals surface area (Å²) in [7, 11) is 0. The van der Waals surface area contributed by atoms with Crippen LogP contribution in [-0.2, 0) is 32.2 Å². The van der Waals surface area contributed by atoms with Crippen LogP contribution in [0.2, 0.25) is 0 Å². The topological polar surface area (TPSA) is 161 Å². The molecule has 41 heavy (non-hydrogen) atoms. The van der Waals surface area contributed by atoms with Crippen molar-refractivity contribution in [2.75, 3.05) is 39.4 Å². The zero-order valence-corrected chi connectivity index (χ0v) is 23.9. The van der Waals surface area contributed by atoms with Crippen LogP contribution in [0.5, 0.6) is 0 Å². The monoisotopic (exact) mass is 587 g/mol. The molecule has 4 N–H and O–H groups in total. The molecule has 1 aliphatic rings. The van der Waals surface area contributed by atoms with Gasteiger partial charge in [0.1, 0.15) is 0 Å². The number of hydrogen-bond donors (Lipinski definition) is 4.